The monoisotopic (exact) mass is 389 g/mol. The molecule has 6 nitrogen and oxygen atoms in total. The van der Waals surface area contributed by atoms with E-state index in [9.17, 15) is 8.42 Å². The van der Waals surface area contributed by atoms with E-state index in [-0.39, 0.29) is 10.6 Å². The average Bonchev–Trinajstić information content (AvgIpc) is 3.10. The minimum absolute atomic E-state index is 0.132. The predicted molar refractivity (Wildman–Crippen MR) is 103 cm³/mol. The lowest BCUT2D eigenvalue weighted by Crippen LogP contribution is -2.51. The van der Waals surface area contributed by atoms with Gasteiger partial charge in [-0.15, -0.1) is 0 Å². The Bertz CT molecular complexity index is 871. The molecule has 0 amide bonds. The van der Waals surface area contributed by atoms with Gasteiger partial charge in [-0.3, -0.25) is 0 Å². The zero-order chi connectivity index (χ0) is 18.9. The van der Waals surface area contributed by atoms with Gasteiger partial charge in [-0.05, 0) is 43.6 Å². The summed E-state index contributed by atoms with van der Waals surface area (Å²) in [6, 6.07) is 10.6. The standard InChI is InChI=1S/C20H27N3O3S/c1-22-15-19(21-16-22)27(24,25)23-10-8-20(9-11-23)14-18(7-12-26-20)13-17-5-3-2-4-6-17/h2-6,15-16,18H,7-14H2,1H3. The zero-order valence-corrected chi connectivity index (χ0v) is 16.6. The summed E-state index contributed by atoms with van der Waals surface area (Å²) >= 11 is 0. The first-order valence-corrected chi connectivity index (χ1v) is 11.1. The molecule has 1 unspecified atom stereocenters. The number of hydrogen-bond acceptors (Lipinski definition) is 4. The van der Waals surface area contributed by atoms with Gasteiger partial charge in [-0.25, -0.2) is 13.4 Å². The number of aromatic nitrogens is 2. The lowest BCUT2D eigenvalue weighted by Gasteiger charge is -2.45. The summed E-state index contributed by atoms with van der Waals surface area (Å²) in [5, 5.41) is 0.132. The number of sulfonamides is 1. The Labute approximate surface area is 161 Å². The number of hydrogen-bond donors (Lipinski definition) is 0. The highest BCUT2D eigenvalue weighted by Crippen LogP contribution is 2.39. The third kappa shape index (κ3) is 3.95. The highest BCUT2D eigenvalue weighted by molar-refractivity contribution is 7.89. The van der Waals surface area contributed by atoms with E-state index in [1.54, 1.807) is 22.1 Å². The van der Waals surface area contributed by atoms with Crippen LogP contribution in [0, 0.1) is 5.92 Å². The molecule has 2 saturated heterocycles. The van der Waals surface area contributed by atoms with E-state index in [2.05, 4.69) is 29.2 Å². The van der Waals surface area contributed by atoms with Crippen LogP contribution in [0.25, 0.3) is 0 Å². The number of nitrogens with zero attached hydrogens (tertiary/aromatic N) is 3. The largest absolute Gasteiger partial charge is 0.375 e. The number of benzene rings is 1. The van der Waals surface area contributed by atoms with Crippen molar-refractivity contribution in [1.29, 1.82) is 0 Å². The fourth-order valence-electron chi connectivity index (χ4n) is 4.39. The maximum atomic E-state index is 12.8. The Balaban J connectivity index is 1.40. The molecule has 0 N–H and O–H groups in total. The van der Waals surface area contributed by atoms with Crippen molar-refractivity contribution in [1.82, 2.24) is 13.9 Å². The van der Waals surface area contributed by atoms with Crippen LogP contribution in [-0.4, -0.2) is 47.6 Å². The van der Waals surface area contributed by atoms with Crippen molar-refractivity contribution in [3.05, 3.63) is 48.4 Å². The minimum Gasteiger partial charge on any atom is -0.375 e. The van der Waals surface area contributed by atoms with Crippen LogP contribution in [0.15, 0.2) is 47.9 Å². The van der Waals surface area contributed by atoms with Crippen molar-refractivity contribution in [2.24, 2.45) is 13.0 Å². The quantitative estimate of drug-likeness (QED) is 0.806. The maximum Gasteiger partial charge on any atom is 0.262 e. The molecular weight excluding hydrogens is 362 g/mol. The van der Waals surface area contributed by atoms with Crippen LogP contribution in [0.1, 0.15) is 31.2 Å². The smallest absolute Gasteiger partial charge is 0.262 e. The van der Waals surface area contributed by atoms with Crippen LogP contribution < -0.4 is 0 Å². The molecule has 27 heavy (non-hydrogen) atoms. The lowest BCUT2D eigenvalue weighted by atomic mass is 9.78. The van der Waals surface area contributed by atoms with E-state index >= 15 is 0 Å². The normalized spacial score (nSPS) is 23.5. The Hall–Kier alpha value is -1.70. The highest BCUT2D eigenvalue weighted by atomic mass is 32.2. The van der Waals surface area contributed by atoms with E-state index < -0.39 is 10.0 Å². The second kappa shape index (κ2) is 7.37. The van der Waals surface area contributed by atoms with Crippen molar-refractivity contribution in [3.8, 4) is 0 Å². The molecule has 0 saturated carbocycles. The van der Waals surface area contributed by atoms with E-state index in [1.165, 1.54) is 11.9 Å². The van der Waals surface area contributed by atoms with Gasteiger partial charge in [0.15, 0.2) is 5.03 Å². The summed E-state index contributed by atoms with van der Waals surface area (Å²) in [6.07, 6.45) is 7.76. The first-order valence-electron chi connectivity index (χ1n) is 9.63. The highest BCUT2D eigenvalue weighted by Gasteiger charge is 2.43. The van der Waals surface area contributed by atoms with Gasteiger partial charge in [0.05, 0.1) is 11.9 Å². The van der Waals surface area contributed by atoms with Gasteiger partial charge in [-0.2, -0.15) is 4.31 Å². The predicted octanol–water partition coefficient (Wildman–Crippen LogP) is 2.61. The molecule has 0 radical (unpaired) electrons. The summed E-state index contributed by atoms with van der Waals surface area (Å²) in [4.78, 5) is 4.03. The molecule has 2 aromatic rings. The first kappa shape index (κ1) is 18.7. The van der Waals surface area contributed by atoms with Gasteiger partial charge >= 0.3 is 0 Å². The third-order valence-electron chi connectivity index (χ3n) is 5.88. The molecule has 2 aliphatic rings. The van der Waals surface area contributed by atoms with E-state index in [0.29, 0.717) is 19.0 Å². The Kier molecular flexibility index (Phi) is 5.09. The number of imidazole rings is 1. The minimum atomic E-state index is -3.51. The molecule has 2 aliphatic heterocycles. The van der Waals surface area contributed by atoms with Crippen molar-refractivity contribution in [2.75, 3.05) is 19.7 Å². The maximum absolute atomic E-state index is 12.8. The molecule has 4 rings (SSSR count). The summed E-state index contributed by atoms with van der Waals surface area (Å²) in [7, 11) is -1.74. The summed E-state index contributed by atoms with van der Waals surface area (Å²) in [6.45, 7) is 1.76. The Morgan fingerprint density at radius 2 is 1.96 bits per heavy atom. The second-order valence-electron chi connectivity index (χ2n) is 7.86. The molecule has 7 heteroatoms. The second-order valence-corrected chi connectivity index (χ2v) is 9.75. The van der Waals surface area contributed by atoms with E-state index in [1.807, 2.05) is 6.07 Å². The van der Waals surface area contributed by atoms with Crippen LogP contribution in [0.2, 0.25) is 0 Å². The fraction of sp³-hybridized carbons (Fsp3) is 0.550. The number of ether oxygens (including phenoxy) is 1. The van der Waals surface area contributed by atoms with Gasteiger partial charge in [0.2, 0.25) is 0 Å². The molecule has 1 atom stereocenters. The fourth-order valence-corrected chi connectivity index (χ4v) is 5.80. The topological polar surface area (TPSA) is 64.4 Å². The van der Waals surface area contributed by atoms with Gasteiger partial charge < -0.3 is 9.30 Å². The molecule has 0 aliphatic carbocycles. The Morgan fingerprint density at radius 1 is 1.22 bits per heavy atom. The molecule has 3 heterocycles. The number of piperidine rings is 1. The van der Waals surface area contributed by atoms with Crippen molar-refractivity contribution < 1.29 is 13.2 Å². The molecular formula is C20H27N3O3S. The molecule has 0 bridgehead atoms. The van der Waals surface area contributed by atoms with Crippen molar-refractivity contribution in [3.63, 3.8) is 0 Å². The molecule has 1 spiro atoms. The van der Waals surface area contributed by atoms with Crippen molar-refractivity contribution >= 4 is 10.0 Å². The summed E-state index contributed by atoms with van der Waals surface area (Å²) in [5.74, 6) is 0.597. The zero-order valence-electron chi connectivity index (χ0n) is 15.8. The number of aryl methyl sites for hydroxylation is 1. The third-order valence-corrected chi connectivity index (χ3v) is 7.67. The molecule has 1 aromatic heterocycles. The van der Waals surface area contributed by atoms with E-state index in [0.717, 1.165) is 38.7 Å². The first-order chi connectivity index (χ1) is 13.0. The molecule has 1 aromatic carbocycles. The summed E-state index contributed by atoms with van der Waals surface area (Å²) in [5.41, 5.74) is 1.20. The SMILES string of the molecule is Cn1cnc(S(=O)(=O)N2CCC3(CC2)CC(Cc2ccccc2)CCO3)c1. The van der Waals surface area contributed by atoms with Crippen molar-refractivity contribution in [2.45, 2.75) is 42.7 Å². The average molecular weight is 390 g/mol. The van der Waals surface area contributed by atoms with Crippen LogP contribution in [0.5, 0.6) is 0 Å². The Morgan fingerprint density at radius 3 is 2.63 bits per heavy atom. The lowest BCUT2D eigenvalue weighted by molar-refractivity contribution is -0.120. The van der Waals surface area contributed by atoms with E-state index in [4.69, 9.17) is 4.74 Å². The number of rotatable bonds is 4. The molecule has 2 fully saturated rings. The van der Waals surface area contributed by atoms with Crippen LogP contribution in [-0.2, 0) is 28.2 Å². The van der Waals surface area contributed by atoms with Gasteiger partial charge in [-0.1, -0.05) is 30.3 Å². The van der Waals surface area contributed by atoms with Crippen LogP contribution in [0.4, 0.5) is 0 Å². The van der Waals surface area contributed by atoms with Gasteiger partial charge in [0.1, 0.15) is 0 Å². The van der Waals surface area contributed by atoms with Gasteiger partial charge in [0, 0.05) is 32.9 Å². The molecule has 146 valence electrons. The van der Waals surface area contributed by atoms with Crippen LogP contribution >= 0.6 is 0 Å². The van der Waals surface area contributed by atoms with Crippen LogP contribution in [0.3, 0.4) is 0 Å². The van der Waals surface area contributed by atoms with Gasteiger partial charge in [0.25, 0.3) is 10.0 Å². The summed E-state index contributed by atoms with van der Waals surface area (Å²) < 4.78 is 35.0.